The number of rotatable bonds is 5. The van der Waals surface area contributed by atoms with Crippen LogP contribution in [0.4, 0.5) is 0 Å². The summed E-state index contributed by atoms with van der Waals surface area (Å²) < 4.78 is 22.9. The number of carboxylic acids is 1. The lowest BCUT2D eigenvalue weighted by molar-refractivity contribution is -0.103. The van der Waals surface area contributed by atoms with Gasteiger partial charge in [-0.1, -0.05) is 35.9 Å². The predicted octanol–water partition coefficient (Wildman–Crippen LogP) is 3.09. The molecule has 1 N–H and O–H groups in total. The van der Waals surface area contributed by atoms with Crippen molar-refractivity contribution < 1.29 is 23.1 Å². The highest BCUT2D eigenvalue weighted by Gasteiger charge is 2.12. The Labute approximate surface area is 144 Å². The first-order valence-electron chi connectivity index (χ1n) is 6.73. The Hall–Kier alpha value is -2.44. The molecule has 7 heteroatoms. The van der Waals surface area contributed by atoms with Crippen LogP contribution in [0, 0.1) is 0 Å². The van der Waals surface area contributed by atoms with Crippen LogP contribution in [0.3, 0.4) is 0 Å². The minimum absolute atomic E-state index is 0.105. The van der Waals surface area contributed by atoms with Crippen LogP contribution in [0.15, 0.2) is 53.4 Å². The lowest BCUT2D eigenvalue weighted by Gasteiger charge is -2.07. The number of aromatic carboxylic acids is 1. The highest BCUT2D eigenvalue weighted by molar-refractivity contribution is 7.90. The van der Waals surface area contributed by atoms with Gasteiger partial charge in [-0.15, -0.1) is 0 Å². The quantitative estimate of drug-likeness (QED) is 0.500. The summed E-state index contributed by atoms with van der Waals surface area (Å²) in [5.41, 5.74) is 1.23. The molecule has 2 rings (SSSR count). The van der Waals surface area contributed by atoms with Gasteiger partial charge in [-0.05, 0) is 35.4 Å². The molecule has 0 aliphatic carbocycles. The van der Waals surface area contributed by atoms with Gasteiger partial charge in [-0.2, -0.15) is 0 Å². The van der Waals surface area contributed by atoms with E-state index in [0.29, 0.717) is 17.4 Å². The molecule has 0 bridgehead atoms. The minimum Gasteiger partial charge on any atom is -0.478 e. The average molecular weight is 365 g/mol. The molecular weight excluding hydrogens is 352 g/mol. The van der Waals surface area contributed by atoms with Gasteiger partial charge >= 0.3 is 5.97 Å². The monoisotopic (exact) mass is 364 g/mol. The number of halogens is 1. The second-order valence-corrected chi connectivity index (χ2v) is 7.42. The van der Waals surface area contributed by atoms with Gasteiger partial charge in [-0.25, -0.2) is 13.2 Å². The molecule has 5 nitrogen and oxygen atoms in total. The lowest BCUT2D eigenvalue weighted by Crippen LogP contribution is -1.98. The Bertz CT molecular complexity index is 910. The van der Waals surface area contributed by atoms with E-state index in [1.807, 2.05) is 0 Å². The van der Waals surface area contributed by atoms with Crippen LogP contribution in [0.5, 0.6) is 0 Å². The van der Waals surface area contributed by atoms with Crippen molar-refractivity contribution in [3.05, 3.63) is 65.2 Å². The fraction of sp³-hybridized carbons (Fsp3) is 0.0588. The van der Waals surface area contributed by atoms with Gasteiger partial charge in [0.05, 0.1) is 15.5 Å². The average Bonchev–Trinajstić information content (AvgIpc) is 2.55. The number of hydrogen-bond donors (Lipinski definition) is 1. The van der Waals surface area contributed by atoms with E-state index in [0.717, 1.165) is 6.26 Å². The zero-order chi connectivity index (χ0) is 17.9. The molecule has 24 heavy (non-hydrogen) atoms. The number of allylic oxidation sites excluding steroid dienone is 1. The first-order chi connectivity index (χ1) is 11.2. The molecule has 2 aromatic rings. The van der Waals surface area contributed by atoms with Crippen LogP contribution in [0.1, 0.15) is 21.5 Å². The van der Waals surface area contributed by atoms with Crippen molar-refractivity contribution in [2.45, 2.75) is 4.90 Å². The Kier molecular flexibility index (Phi) is 5.21. The van der Waals surface area contributed by atoms with Crippen LogP contribution in [-0.2, 0) is 14.6 Å². The molecule has 0 aromatic heterocycles. The summed E-state index contributed by atoms with van der Waals surface area (Å²) in [6, 6.07) is 11.5. The second kappa shape index (κ2) is 6.98. The van der Waals surface area contributed by atoms with Crippen molar-refractivity contribution in [1.82, 2.24) is 0 Å². The van der Waals surface area contributed by atoms with Gasteiger partial charge in [0, 0.05) is 11.8 Å². The summed E-state index contributed by atoms with van der Waals surface area (Å²) in [5, 5.41) is 9.04. The number of sulfone groups is 1. The molecule has 0 amide bonds. The number of carboxylic acid groups (broad SMARTS) is 1. The van der Waals surface area contributed by atoms with Crippen molar-refractivity contribution >= 4 is 44.3 Å². The van der Waals surface area contributed by atoms with E-state index < -0.39 is 15.8 Å². The zero-order valence-corrected chi connectivity index (χ0v) is 14.1. The van der Waals surface area contributed by atoms with Crippen molar-refractivity contribution in [3.63, 3.8) is 0 Å². The number of hydrogen-bond acceptors (Lipinski definition) is 4. The molecule has 0 aliphatic rings. The van der Waals surface area contributed by atoms with Gasteiger partial charge in [0.2, 0.25) is 0 Å². The van der Waals surface area contributed by atoms with Gasteiger partial charge in [0.15, 0.2) is 16.1 Å². The van der Waals surface area contributed by atoms with Crippen molar-refractivity contribution in [3.8, 4) is 0 Å². The van der Waals surface area contributed by atoms with Crippen LogP contribution in [-0.4, -0.2) is 32.0 Å². The second-order valence-electron chi connectivity index (χ2n) is 5.02. The Morgan fingerprint density at radius 1 is 0.958 bits per heavy atom. The molecule has 2 aromatic carbocycles. The third-order valence-corrected chi connectivity index (χ3v) is 4.88. The largest absolute Gasteiger partial charge is 0.478 e. The van der Waals surface area contributed by atoms with Crippen LogP contribution in [0.2, 0.25) is 0 Å². The topological polar surface area (TPSA) is 88.5 Å². The van der Waals surface area contributed by atoms with Crippen molar-refractivity contribution in [2.24, 2.45) is 0 Å². The summed E-state index contributed by atoms with van der Waals surface area (Å²) in [7, 11) is -3.33. The van der Waals surface area contributed by atoms with Gasteiger partial charge in [0.25, 0.3) is 0 Å². The summed E-state index contributed by atoms with van der Waals surface area (Å²) in [4.78, 5) is 22.4. The normalized spacial score (nSPS) is 12.4. The van der Waals surface area contributed by atoms with E-state index >= 15 is 0 Å². The van der Waals surface area contributed by atoms with E-state index in [-0.39, 0.29) is 21.1 Å². The van der Waals surface area contributed by atoms with Crippen molar-refractivity contribution in [2.75, 3.05) is 6.26 Å². The fourth-order valence-corrected chi connectivity index (χ4v) is 2.95. The van der Waals surface area contributed by atoms with Crippen LogP contribution in [0.25, 0.3) is 10.6 Å². The van der Waals surface area contributed by atoms with Gasteiger partial charge in [0.1, 0.15) is 0 Å². The molecular formula is C17H13ClO5S. The Morgan fingerprint density at radius 3 is 1.83 bits per heavy atom. The Balaban J connectivity index is 2.46. The SMILES string of the molecule is CS(=O)(=O)c1ccc(C(C=O)=C(Cl)c2ccc(C(=O)O)cc2)cc1. The van der Waals surface area contributed by atoms with Gasteiger partial charge in [-0.3, -0.25) is 4.79 Å². The van der Waals surface area contributed by atoms with E-state index in [4.69, 9.17) is 16.7 Å². The fourth-order valence-electron chi connectivity index (χ4n) is 2.04. The third kappa shape index (κ3) is 3.90. The van der Waals surface area contributed by atoms with E-state index in [1.165, 1.54) is 48.5 Å². The third-order valence-electron chi connectivity index (χ3n) is 3.33. The smallest absolute Gasteiger partial charge is 0.335 e. The number of aldehydes is 1. The van der Waals surface area contributed by atoms with Crippen LogP contribution < -0.4 is 0 Å². The molecule has 0 unspecified atom stereocenters. The van der Waals surface area contributed by atoms with E-state index in [2.05, 4.69) is 0 Å². The van der Waals surface area contributed by atoms with E-state index in [9.17, 15) is 18.0 Å². The highest BCUT2D eigenvalue weighted by Crippen LogP contribution is 2.29. The summed E-state index contributed by atoms with van der Waals surface area (Å²) in [6.45, 7) is 0. The molecule has 0 atom stereocenters. The number of benzene rings is 2. The molecule has 0 aliphatic heterocycles. The molecule has 0 fully saturated rings. The van der Waals surface area contributed by atoms with Gasteiger partial charge < -0.3 is 5.11 Å². The first-order valence-corrected chi connectivity index (χ1v) is 9.00. The predicted molar refractivity (Wildman–Crippen MR) is 91.7 cm³/mol. The molecule has 0 saturated carbocycles. The number of carbonyl (C=O) groups is 2. The summed E-state index contributed by atoms with van der Waals surface area (Å²) >= 11 is 6.25. The standard InChI is InChI=1S/C17H13ClO5S/c1-24(22,23)14-8-6-11(7-9-14)15(10-19)16(18)12-2-4-13(5-3-12)17(20)21/h2-10H,1H3,(H,20,21). The first kappa shape index (κ1) is 17.9. The summed E-state index contributed by atoms with van der Waals surface area (Å²) in [6.07, 6.45) is 1.67. The lowest BCUT2D eigenvalue weighted by atomic mass is 10.0. The molecule has 0 heterocycles. The molecule has 0 saturated heterocycles. The molecule has 0 spiro atoms. The van der Waals surface area contributed by atoms with Crippen LogP contribution >= 0.6 is 11.6 Å². The highest BCUT2D eigenvalue weighted by atomic mass is 35.5. The minimum atomic E-state index is -3.33. The van der Waals surface area contributed by atoms with E-state index in [1.54, 1.807) is 0 Å². The number of carbonyl (C=O) groups excluding carboxylic acids is 1. The van der Waals surface area contributed by atoms with Crippen molar-refractivity contribution in [1.29, 1.82) is 0 Å². The summed E-state index contributed by atoms with van der Waals surface area (Å²) in [5.74, 6) is -1.06. The molecule has 0 radical (unpaired) electrons. The maximum Gasteiger partial charge on any atom is 0.335 e. The zero-order valence-electron chi connectivity index (χ0n) is 12.6. The maximum absolute atomic E-state index is 11.5. The molecule has 124 valence electrons. The maximum atomic E-state index is 11.5. The Morgan fingerprint density at radius 2 is 1.42 bits per heavy atom.